The average molecular weight is 487 g/mol. The first kappa shape index (κ1) is 24.2. The molecule has 2 heterocycles. The molecule has 3 aromatic carbocycles. The lowest BCUT2D eigenvalue weighted by atomic mass is 9.86. The van der Waals surface area contributed by atoms with Crippen molar-refractivity contribution in [3.8, 4) is 11.5 Å². The van der Waals surface area contributed by atoms with E-state index >= 15 is 0 Å². The van der Waals surface area contributed by atoms with Gasteiger partial charge in [0.05, 0.1) is 18.2 Å². The molecule has 6 heteroatoms. The van der Waals surface area contributed by atoms with Crippen LogP contribution < -0.4 is 9.47 Å². The van der Waals surface area contributed by atoms with Crippen molar-refractivity contribution in [2.45, 2.75) is 31.8 Å². The van der Waals surface area contributed by atoms with Gasteiger partial charge in [-0.15, -0.1) is 0 Å². The second kappa shape index (κ2) is 10.6. The van der Waals surface area contributed by atoms with Crippen molar-refractivity contribution in [1.29, 1.82) is 0 Å². The quantitative estimate of drug-likeness (QED) is 0.472. The van der Waals surface area contributed by atoms with Gasteiger partial charge in [-0.25, -0.2) is 4.79 Å². The maximum Gasteiger partial charge on any atom is 0.410 e. The highest BCUT2D eigenvalue weighted by atomic mass is 16.6. The van der Waals surface area contributed by atoms with Crippen molar-refractivity contribution in [1.82, 2.24) is 9.80 Å². The highest BCUT2D eigenvalue weighted by Crippen LogP contribution is 2.37. The van der Waals surface area contributed by atoms with Crippen LogP contribution in [0.15, 0.2) is 78.9 Å². The molecule has 1 atom stereocenters. The van der Waals surface area contributed by atoms with Crippen LogP contribution in [-0.4, -0.2) is 60.9 Å². The van der Waals surface area contributed by atoms with Gasteiger partial charge >= 0.3 is 6.09 Å². The molecule has 188 valence electrons. The maximum atomic E-state index is 13.1. The molecule has 0 aliphatic carbocycles. The summed E-state index contributed by atoms with van der Waals surface area (Å²) >= 11 is 0. The predicted molar refractivity (Wildman–Crippen MR) is 140 cm³/mol. The number of carbonyl (C=O) groups is 1. The van der Waals surface area contributed by atoms with Crippen molar-refractivity contribution in [3.63, 3.8) is 0 Å². The Morgan fingerprint density at radius 1 is 0.917 bits per heavy atom. The second-order valence-electron chi connectivity index (χ2n) is 9.70. The summed E-state index contributed by atoms with van der Waals surface area (Å²) in [7, 11) is 0. The van der Waals surface area contributed by atoms with Crippen LogP contribution in [0.4, 0.5) is 4.79 Å². The van der Waals surface area contributed by atoms with Gasteiger partial charge in [0, 0.05) is 19.6 Å². The van der Waals surface area contributed by atoms with Crippen LogP contribution in [0.5, 0.6) is 11.5 Å². The smallest absolute Gasteiger partial charge is 0.410 e. The van der Waals surface area contributed by atoms with Gasteiger partial charge in [0.15, 0.2) is 11.5 Å². The zero-order valence-electron chi connectivity index (χ0n) is 21.1. The molecule has 0 radical (unpaired) electrons. The number of rotatable bonds is 6. The molecular formula is C30H34N2O4. The van der Waals surface area contributed by atoms with Gasteiger partial charge in [0.25, 0.3) is 0 Å². The minimum Gasteiger partial charge on any atom is -0.486 e. The van der Waals surface area contributed by atoms with E-state index in [-0.39, 0.29) is 12.1 Å². The molecule has 3 aromatic rings. The molecule has 0 aromatic heterocycles. The number of ether oxygens (including phenoxy) is 3. The van der Waals surface area contributed by atoms with E-state index < -0.39 is 5.54 Å². The van der Waals surface area contributed by atoms with Crippen LogP contribution >= 0.6 is 0 Å². The molecule has 1 fully saturated rings. The van der Waals surface area contributed by atoms with Crippen molar-refractivity contribution in [3.05, 3.63) is 95.6 Å². The van der Waals surface area contributed by atoms with Gasteiger partial charge in [0.2, 0.25) is 0 Å². The first-order valence-electron chi connectivity index (χ1n) is 12.7. The molecule has 1 saturated heterocycles. The van der Waals surface area contributed by atoms with E-state index in [0.717, 1.165) is 23.6 Å². The van der Waals surface area contributed by atoms with E-state index in [1.54, 1.807) is 0 Å². The first-order valence-corrected chi connectivity index (χ1v) is 12.7. The molecule has 1 amide bonds. The van der Waals surface area contributed by atoms with Crippen molar-refractivity contribution in [2.75, 3.05) is 39.5 Å². The van der Waals surface area contributed by atoms with E-state index in [9.17, 15) is 4.79 Å². The molecular weight excluding hydrogens is 452 g/mol. The SMILES string of the molecule is CCOC(=O)N1CCN(C(c2ccccc2)c2ccccc2)CC1(C)Cc1ccc2c(c1)OCCO2. The normalized spacial score (nSPS) is 19.8. The third-order valence-electron chi connectivity index (χ3n) is 7.08. The fraction of sp³-hybridized carbons (Fsp3) is 0.367. The summed E-state index contributed by atoms with van der Waals surface area (Å²) in [4.78, 5) is 17.5. The van der Waals surface area contributed by atoms with Crippen molar-refractivity contribution < 1.29 is 19.0 Å². The summed E-state index contributed by atoms with van der Waals surface area (Å²) in [5, 5.41) is 0. The Hall–Kier alpha value is -3.51. The lowest BCUT2D eigenvalue weighted by Gasteiger charge is -2.50. The number of hydrogen-bond donors (Lipinski definition) is 0. The number of amides is 1. The summed E-state index contributed by atoms with van der Waals surface area (Å²) in [5.41, 5.74) is 3.12. The average Bonchev–Trinajstić information content (AvgIpc) is 2.90. The minimum atomic E-state index is -0.476. The summed E-state index contributed by atoms with van der Waals surface area (Å²) in [5.74, 6) is 1.54. The Morgan fingerprint density at radius 3 is 2.19 bits per heavy atom. The van der Waals surface area contributed by atoms with Crippen LogP contribution in [0.2, 0.25) is 0 Å². The Bertz CT molecular complexity index is 1130. The summed E-state index contributed by atoms with van der Waals surface area (Å²) in [6, 6.07) is 27.4. The van der Waals surface area contributed by atoms with Gasteiger partial charge < -0.3 is 14.2 Å². The molecule has 1 unspecified atom stereocenters. The third-order valence-corrected chi connectivity index (χ3v) is 7.08. The Labute approximate surface area is 213 Å². The Morgan fingerprint density at radius 2 is 1.56 bits per heavy atom. The van der Waals surface area contributed by atoms with Crippen LogP contribution in [-0.2, 0) is 11.2 Å². The van der Waals surface area contributed by atoms with Crippen LogP contribution in [0, 0.1) is 0 Å². The zero-order chi connectivity index (χ0) is 25.0. The largest absolute Gasteiger partial charge is 0.486 e. The van der Waals surface area contributed by atoms with E-state index in [4.69, 9.17) is 14.2 Å². The van der Waals surface area contributed by atoms with E-state index in [1.165, 1.54) is 11.1 Å². The topological polar surface area (TPSA) is 51.2 Å². The molecule has 2 aliphatic heterocycles. The van der Waals surface area contributed by atoms with Gasteiger partial charge in [-0.1, -0.05) is 66.7 Å². The van der Waals surface area contributed by atoms with Gasteiger partial charge in [-0.2, -0.15) is 0 Å². The molecule has 0 spiro atoms. The molecule has 0 bridgehead atoms. The lowest BCUT2D eigenvalue weighted by Crippen LogP contribution is -2.64. The molecule has 6 nitrogen and oxygen atoms in total. The van der Waals surface area contributed by atoms with Gasteiger partial charge in [-0.05, 0) is 49.1 Å². The summed E-state index contributed by atoms with van der Waals surface area (Å²) in [6.07, 6.45) is 0.420. The summed E-state index contributed by atoms with van der Waals surface area (Å²) in [6.45, 7) is 7.54. The zero-order valence-corrected chi connectivity index (χ0v) is 21.1. The maximum absolute atomic E-state index is 13.1. The van der Waals surface area contributed by atoms with Crippen LogP contribution in [0.1, 0.15) is 36.6 Å². The second-order valence-corrected chi connectivity index (χ2v) is 9.70. The van der Waals surface area contributed by atoms with Crippen molar-refractivity contribution in [2.24, 2.45) is 0 Å². The number of nitrogens with zero attached hydrogens (tertiary/aromatic N) is 2. The number of carbonyl (C=O) groups excluding carboxylic acids is 1. The molecule has 2 aliphatic rings. The van der Waals surface area contributed by atoms with E-state index in [0.29, 0.717) is 39.3 Å². The number of piperazine rings is 1. The Kier molecular flexibility index (Phi) is 7.14. The predicted octanol–water partition coefficient (Wildman–Crippen LogP) is 5.32. The monoisotopic (exact) mass is 486 g/mol. The number of fused-ring (bicyclic) bond motifs is 1. The van der Waals surface area contributed by atoms with E-state index in [1.807, 2.05) is 24.0 Å². The number of benzene rings is 3. The highest BCUT2D eigenvalue weighted by molar-refractivity contribution is 5.69. The van der Waals surface area contributed by atoms with Crippen LogP contribution in [0.25, 0.3) is 0 Å². The third kappa shape index (κ3) is 5.05. The van der Waals surface area contributed by atoms with Crippen LogP contribution in [0.3, 0.4) is 0 Å². The summed E-state index contributed by atoms with van der Waals surface area (Å²) < 4.78 is 17.0. The standard InChI is InChI=1S/C30H34N2O4/c1-3-34-29(33)32-17-16-31(28(24-10-6-4-7-11-24)25-12-8-5-9-13-25)22-30(32,2)21-23-14-15-26-27(20-23)36-19-18-35-26/h4-15,20,28H,3,16-19,21-22H2,1-2H3. The fourth-order valence-electron chi connectivity index (χ4n) is 5.51. The molecule has 36 heavy (non-hydrogen) atoms. The van der Waals surface area contributed by atoms with Gasteiger partial charge in [0.1, 0.15) is 13.2 Å². The highest BCUT2D eigenvalue weighted by Gasteiger charge is 2.43. The molecule has 0 saturated carbocycles. The van der Waals surface area contributed by atoms with E-state index in [2.05, 4.69) is 78.6 Å². The Balaban J connectivity index is 1.49. The van der Waals surface area contributed by atoms with Crippen molar-refractivity contribution >= 4 is 6.09 Å². The minimum absolute atomic E-state index is 0.0938. The van der Waals surface area contributed by atoms with Gasteiger partial charge in [-0.3, -0.25) is 9.80 Å². The fourth-order valence-corrected chi connectivity index (χ4v) is 5.51. The molecule has 0 N–H and O–H groups in total. The lowest BCUT2D eigenvalue weighted by molar-refractivity contribution is -0.00551. The first-order chi connectivity index (χ1) is 17.6. The molecule has 5 rings (SSSR count). The number of hydrogen-bond acceptors (Lipinski definition) is 5.